The predicted octanol–water partition coefficient (Wildman–Crippen LogP) is 3.14. The molecule has 3 aromatic rings. The number of fused-ring (bicyclic) bond motifs is 1. The molecule has 5 rings (SSSR count). The lowest BCUT2D eigenvalue weighted by Gasteiger charge is -2.31. The van der Waals surface area contributed by atoms with Gasteiger partial charge in [-0.25, -0.2) is 8.42 Å². The Morgan fingerprint density at radius 1 is 1.14 bits per heavy atom. The van der Waals surface area contributed by atoms with E-state index in [0.29, 0.717) is 36.8 Å². The van der Waals surface area contributed by atoms with Crippen molar-refractivity contribution in [1.82, 2.24) is 19.4 Å². The average Bonchev–Trinajstić information content (AvgIpc) is 3.47. The van der Waals surface area contributed by atoms with Crippen molar-refractivity contribution in [3.05, 3.63) is 48.2 Å². The fraction of sp³-hybridized carbons (Fsp3) is 0.450. The maximum atomic E-state index is 13.3. The molecule has 3 heterocycles. The topological polar surface area (TPSA) is 89.2 Å². The first-order chi connectivity index (χ1) is 13.6. The average molecular weight is 398 g/mol. The lowest BCUT2D eigenvalue weighted by molar-refractivity contribution is 0.247. The summed E-state index contributed by atoms with van der Waals surface area (Å²) in [5, 5.41) is 4.90. The molecule has 1 saturated heterocycles. The highest BCUT2D eigenvalue weighted by molar-refractivity contribution is 7.89. The van der Waals surface area contributed by atoms with E-state index in [4.69, 9.17) is 4.52 Å². The van der Waals surface area contributed by atoms with Gasteiger partial charge in [0, 0.05) is 37.0 Å². The van der Waals surface area contributed by atoms with Crippen LogP contribution < -0.4 is 0 Å². The molecule has 28 heavy (non-hydrogen) atoms. The molecule has 0 bridgehead atoms. The normalized spacial score (nSPS) is 21.2. The maximum Gasteiger partial charge on any atom is 0.245 e. The summed E-state index contributed by atoms with van der Waals surface area (Å²) in [6.45, 7) is 0.992. The van der Waals surface area contributed by atoms with Gasteiger partial charge in [-0.05, 0) is 43.7 Å². The number of piperidine rings is 1. The van der Waals surface area contributed by atoms with Gasteiger partial charge in [-0.3, -0.25) is 4.98 Å². The molecule has 146 valence electrons. The van der Waals surface area contributed by atoms with Crippen molar-refractivity contribution in [3.63, 3.8) is 0 Å². The molecule has 1 saturated carbocycles. The highest BCUT2D eigenvalue weighted by atomic mass is 32.2. The van der Waals surface area contributed by atoms with Crippen LogP contribution in [-0.4, -0.2) is 40.9 Å². The summed E-state index contributed by atoms with van der Waals surface area (Å²) < 4.78 is 33.6. The summed E-state index contributed by atoms with van der Waals surface area (Å²) >= 11 is 0. The zero-order chi connectivity index (χ0) is 19.1. The number of sulfonamides is 1. The van der Waals surface area contributed by atoms with Crippen molar-refractivity contribution >= 4 is 20.9 Å². The van der Waals surface area contributed by atoms with Crippen LogP contribution in [0.4, 0.5) is 0 Å². The summed E-state index contributed by atoms with van der Waals surface area (Å²) in [6, 6.07) is 9.00. The second-order valence-electron chi connectivity index (χ2n) is 7.73. The van der Waals surface area contributed by atoms with Crippen molar-refractivity contribution in [2.45, 2.75) is 42.9 Å². The number of nitrogens with zero attached hydrogens (tertiary/aromatic N) is 4. The third kappa shape index (κ3) is 3.31. The molecule has 7 nitrogen and oxygen atoms in total. The molecule has 1 aliphatic carbocycles. The number of para-hydroxylation sites is 1. The number of benzene rings is 1. The third-order valence-corrected chi connectivity index (χ3v) is 7.48. The molecule has 1 unspecified atom stereocenters. The van der Waals surface area contributed by atoms with Gasteiger partial charge in [-0.2, -0.15) is 9.29 Å². The minimum atomic E-state index is -3.61. The van der Waals surface area contributed by atoms with E-state index in [1.807, 2.05) is 18.2 Å². The number of hydrogen-bond donors (Lipinski definition) is 0. The van der Waals surface area contributed by atoms with Gasteiger partial charge in [0.05, 0.1) is 5.52 Å². The van der Waals surface area contributed by atoms with Gasteiger partial charge in [0.1, 0.15) is 4.90 Å². The first-order valence-corrected chi connectivity index (χ1v) is 11.2. The minimum Gasteiger partial charge on any atom is -0.339 e. The SMILES string of the molecule is O=S(=O)(c1cccc2cccnc12)N1CCCC(Cc2nc(C3CC3)no2)C1. The van der Waals surface area contributed by atoms with Gasteiger partial charge >= 0.3 is 0 Å². The van der Waals surface area contributed by atoms with Crippen molar-refractivity contribution in [3.8, 4) is 0 Å². The van der Waals surface area contributed by atoms with Crippen molar-refractivity contribution in [2.75, 3.05) is 13.1 Å². The molecule has 2 aromatic heterocycles. The second-order valence-corrected chi connectivity index (χ2v) is 9.63. The van der Waals surface area contributed by atoms with E-state index in [1.54, 1.807) is 22.6 Å². The van der Waals surface area contributed by atoms with Crippen LogP contribution in [0.2, 0.25) is 0 Å². The highest BCUT2D eigenvalue weighted by Gasteiger charge is 2.33. The standard InChI is InChI=1S/C20H22N4O3S/c25-28(26,17-7-1-5-15-6-2-10-21-19(15)17)24-11-3-4-14(13-24)12-18-22-20(23-27-18)16-8-9-16/h1-2,5-7,10,14,16H,3-4,8-9,11-13H2. The van der Waals surface area contributed by atoms with Crippen molar-refractivity contribution in [2.24, 2.45) is 5.92 Å². The molecule has 1 aliphatic heterocycles. The Morgan fingerprint density at radius 2 is 2.00 bits per heavy atom. The summed E-state index contributed by atoms with van der Waals surface area (Å²) in [5.74, 6) is 2.06. The second kappa shape index (κ2) is 6.93. The predicted molar refractivity (Wildman–Crippen MR) is 103 cm³/mol. The summed E-state index contributed by atoms with van der Waals surface area (Å²) in [6.07, 6.45) is 6.31. The van der Waals surface area contributed by atoms with Crippen LogP contribution in [0.5, 0.6) is 0 Å². The molecule has 1 aromatic carbocycles. The minimum absolute atomic E-state index is 0.180. The molecular formula is C20H22N4O3S. The molecule has 0 amide bonds. The number of aromatic nitrogens is 3. The summed E-state index contributed by atoms with van der Waals surface area (Å²) in [4.78, 5) is 9.09. The smallest absolute Gasteiger partial charge is 0.245 e. The van der Waals surface area contributed by atoms with Gasteiger partial charge < -0.3 is 4.52 Å². The van der Waals surface area contributed by atoms with E-state index in [9.17, 15) is 8.42 Å². The van der Waals surface area contributed by atoms with Crippen LogP contribution >= 0.6 is 0 Å². The quantitative estimate of drug-likeness (QED) is 0.656. The zero-order valence-electron chi connectivity index (χ0n) is 15.5. The van der Waals surface area contributed by atoms with Gasteiger partial charge in [0.15, 0.2) is 5.82 Å². The molecule has 8 heteroatoms. The summed E-state index contributed by atoms with van der Waals surface area (Å²) in [7, 11) is -3.61. The fourth-order valence-corrected chi connectivity index (χ4v) is 5.66. The lowest BCUT2D eigenvalue weighted by Crippen LogP contribution is -2.40. The molecule has 0 N–H and O–H groups in total. The lowest BCUT2D eigenvalue weighted by atomic mass is 9.96. The van der Waals surface area contributed by atoms with Crippen LogP contribution in [0.3, 0.4) is 0 Å². The van der Waals surface area contributed by atoms with Crippen molar-refractivity contribution < 1.29 is 12.9 Å². The molecule has 2 aliphatic rings. The van der Waals surface area contributed by atoms with Crippen LogP contribution in [0.25, 0.3) is 10.9 Å². The first-order valence-electron chi connectivity index (χ1n) is 9.77. The van der Waals surface area contributed by atoms with E-state index >= 15 is 0 Å². The van der Waals surface area contributed by atoms with Crippen LogP contribution in [0.1, 0.15) is 43.3 Å². The molecule has 0 spiro atoms. The van der Waals surface area contributed by atoms with Crippen LogP contribution in [-0.2, 0) is 16.4 Å². The summed E-state index contributed by atoms with van der Waals surface area (Å²) in [5.41, 5.74) is 0.526. The van der Waals surface area contributed by atoms with E-state index in [-0.39, 0.29) is 10.8 Å². The Labute approximate surface area is 163 Å². The molecule has 2 fully saturated rings. The maximum absolute atomic E-state index is 13.3. The third-order valence-electron chi connectivity index (χ3n) is 5.58. The van der Waals surface area contributed by atoms with Gasteiger partial charge in [-0.15, -0.1) is 0 Å². The van der Waals surface area contributed by atoms with Gasteiger partial charge in [-0.1, -0.05) is 23.4 Å². The molecule has 1 atom stereocenters. The number of hydrogen-bond acceptors (Lipinski definition) is 6. The van der Waals surface area contributed by atoms with Crippen molar-refractivity contribution in [1.29, 1.82) is 0 Å². The van der Waals surface area contributed by atoms with Gasteiger partial charge in [0.2, 0.25) is 15.9 Å². The molecular weight excluding hydrogens is 376 g/mol. The van der Waals surface area contributed by atoms with E-state index in [1.165, 1.54) is 0 Å². The molecule has 0 radical (unpaired) electrons. The van der Waals surface area contributed by atoms with E-state index < -0.39 is 10.0 Å². The Hall–Kier alpha value is -2.32. The number of rotatable bonds is 5. The Balaban J connectivity index is 1.37. The largest absolute Gasteiger partial charge is 0.339 e. The Morgan fingerprint density at radius 3 is 2.86 bits per heavy atom. The highest BCUT2D eigenvalue weighted by Crippen LogP contribution is 2.38. The zero-order valence-corrected chi connectivity index (χ0v) is 16.3. The van der Waals surface area contributed by atoms with Gasteiger partial charge in [0.25, 0.3) is 0 Å². The monoisotopic (exact) mass is 398 g/mol. The fourth-order valence-electron chi connectivity index (χ4n) is 3.94. The Bertz CT molecular complexity index is 1100. The van der Waals surface area contributed by atoms with E-state index in [2.05, 4.69) is 15.1 Å². The van der Waals surface area contributed by atoms with Crippen LogP contribution in [0, 0.1) is 5.92 Å². The Kier molecular flexibility index (Phi) is 4.40. The van der Waals surface area contributed by atoms with E-state index in [0.717, 1.165) is 36.9 Å². The first kappa shape index (κ1) is 17.8. The van der Waals surface area contributed by atoms with Crippen LogP contribution in [0.15, 0.2) is 45.9 Å². The number of pyridine rings is 1.